The van der Waals surface area contributed by atoms with Gasteiger partial charge in [0, 0.05) is 30.6 Å². The maximum atomic E-state index is 12.8. The number of benzene rings is 1. The molecule has 1 aromatic carbocycles. The third-order valence-corrected chi connectivity index (χ3v) is 6.63. The van der Waals surface area contributed by atoms with Crippen molar-refractivity contribution >= 4 is 15.7 Å². The van der Waals surface area contributed by atoms with E-state index in [1.54, 1.807) is 4.31 Å². The van der Waals surface area contributed by atoms with Crippen molar-refractivity contribution in [3.8, 4) is 0 Å². The van der Waals surface area contributed by atoms with Crippen LogP contribution in [0.1, 0.15) is 20.3 Å². The molecule has 2 aliphatic rings. The van der Waals surface area contributed by atoms with Crippen molar-refractivity contribution in [1.29, 1.82) is 0 Å². The van der Waals surface area contributed by atoms with E-state index in [2.05, 4.69) is 19.9 Å². The van der Waals surface area contributed by atoms with Gasteiger partial charge in [-0.15, -0.1) is 0 Å². The highest BCUT2D eigenvalue weighted by Gasteiger charge is 2.47. The monoisotopic (exact) mass is 322 g/mol. The number of sulfonamides is 1. The fourth-order valence-corrected chi connectivity index (χ4v) is 5.46. The molecule has 1 aliphatic carbocycles. The topological polar surface area (TPSA) is 80.5 Å². The lowest BCUT2D eigenvalue weighted by Crippen LogP contribution is -2.36. The van der Waals surface area contributed by atoms with Gasteiger partial charge in [0.2, 0.25) is 10.0 Å². The summed E-state index contributed by atoms with van der Waals surface area (Å²) < 4.78 is 27.3. The summed E-state index contributed by atoms with van der Waals surface area (Å²) in [6, 6.07) is 5.10. The zero-order chi connectivity index (χ0) is 16.1. The van der Waals surface area contributed by atoms with Crippen LogP contribution < -0.4 is 0 Å². The van der Waals surface area contributed by atoms with Gasteiger partial charge < -0.3 is 0 Å². The molecule has 1 aromatic rings. The molecule has 118 valence electrons. The van der Waals surface area contributed by atoms with Gasteiger partial charge >= 0.3 is 0 Å². The predicted molar refractivity (Wildman–Crippen MR) is 81.8 cm³/mol. The Bertz CT molecular complexity index is 739. The minimum absolute atomic E-state index is 0.0183. The predicted octanol–water partition coefficient (Wildman–Crippen LogP) is 2.57. The molecule has 0 amide bonds. The maximum absolute atomic E-state index is 12.8. The molecule has 0 N–H and O–H groups in total. The van der Waals surface area contributed by atoms with E-state index < -0.39 is 14.9 Å². The van der Waals surface area contributed by atoms with Gasteiger partial charge in [0.15, 0.2) is 0 Å². The van der Waals surface area contributed by atoms with E-state index in [-0.39, 0.29) is 28.5 Å². The van der Waals surface area contributed by atoms with Gasteiger partial charge in [0.1, 0.15) is 0 Å². The van der Waals surface area contributed by atoms with Crippen molar-refractivity contribution in [2.45, 2.75) is 31.2 Å². The highest BCUT2D eigenvalue weighted by molar-refractivity contribution is 7.89. The second kappa shape index (κ2) is 5.17. The third kappa shape index (κ3) is 2.24. The molecule has 1 heterocycles. The van der Waals surface area contributed by atoms with Gasteiger partial charge in [-0.05, 0) is 31.4 Å². The van der Waals surface area contributed by atoms with Crippen molar-refractivity contribution in [3.63, 3.8) is 0 Å². The molecular formula is C15H18N2O4S. The van der Waals surface area contributed by atoms with Gasteiger partial charge in [-0.25, -0.2) is 8.42 Å². The zero-order valence-corrected chi connectivity index (χ0v) is 13.3. The first kappa shape index (κ1) is 15.2. The Kier molecular flexibility index (Phi) is 3.57. The summed E-state index contributed by atoms with van der Waals surface area (Å²) in [5, 5.41) is 10.7. The van der Waals surface area contributed by atoms with E-state index in [1.807, 2.05) is 0 Å². The molecule has 0 radical (unpaired) electrons. The van der Waals surface area contributed by atoms with Crippen molar-refractivity contribution in [2.75, 3.05) is 6.54 Å². The lowest BCUT2D eigenvalue weighted by molar-refractivity contribution is -0.384. The van der Waals surface area contributed by atoms with Crippen LogP contribution in [0.4, 0.5) is 5.69 Å². The fraction of sp³-hybridized carbons (Fsp3) is 0.467. The molecule has 0 bridgehead atoms. The summed E-state index contributed by atoms with van der Waals surface area (Å²) in [6.07, 6.45) is 2.86. The van der Waals surface area contributed by atoms with Crippen LogP contribution in [0.25, 0.3) is 0 Å². The smallest absolute Gasteiger partial charge is 0.258 e. The normalized spacial score (nSPS) is 28.5. The largest absolute Gasteiger partial charge is 0.269 e. The van der Waals surface area contributed by atoms with Gasteiger partial charge in [0.05, 0.1) is 9.82 Å². The lowest BCUT2D eigenvalue weighted by atomic mass is 9.90. The molecular weight excluding hydrogens is 304 g/mol. The minimum Gasteiger partial charge on any atom is -0.258 e. The molecule has 0 spiro atoms. The molecule has 1 saturated heterocycles. The molecule has 0 saturated carbocycles. The number of nitro benzene ring substituents is 1. The summed E-state index contributed by atoms with van der Waals surface area (Å²) in [7, 11) is -3.61. The van der Waals surface area contributed by atoms with E-state index in [1.165, 1.54) is 29.8 Å². The van der Waals surface area contributed by atoms with E-state index in [9.17, 15) is 18.5 Å². The van der Waals surface area contributed by atoms with Crippen LogP contribution in [-0.2, 0) is 10.0 Å². The first-order valence-electron chi connectivity index (χ1n) is 7.25. The van der Waals surface area contributed by atoms with Crippen LogP contribution in [-0.4, -0.2) is 30.2 Å². The van der Waals surface area contributed by atoms with Crippen LogP contribution >= 0.6 is 0 Å². The summed E-state index contributed by atoms with van der Waals surface area (Å²) in [6.45, 7) is 4.63. The van der Waals surface area contributed by atoms with E-state index in [4.69, 9.17) is 0 Å². The second-order valence-corrected chi connectivity index (χ2v) is 7.97. The van der Waals surface area contributed by atoms with E-state index in [0.717, 1.165) is 6.42 Å². The first-order chi connectivity index (χ1) is 10.3. The van der Waals surface area contributed by atoms with Gasteiger partial charge in [-0.3, -0.25) is 10.1 Å². The average molecular weight is 322 g/mol. The lowest BCUT2D eigenvalue weighted by Gasteiger charge is -2.23. The molecule has 22 heavy (non-hydrogen) atoms. The van der Waals surface area contributed by atoms with Crippen LogP contribution in [0.2, 0.25) is 0 Å². The standard InChI is InChI=1S/C15H18N2O4S/c1-10-3-8-14-15(10)11(2)9-16(14)22(20,21)13-6-4-12(5-7-13)17(18)19/h3-7,11,14-15H,8-9H2,1-2H3/t11-,14+,15+/m0/s1. The molecule has 3 atom stereocenters. The van der Waals surface area contributed by atoms with Crippen molar-refractivity contribution in [2.24, 2.45) is 11.8 Å². The number of nitro groups is 1. The summed E-state index contributed by atoms with van der Waals surface area (Å²) in [5.74, 6) is 0.574. The number of hydrogen-bond acceptors (Lipinski definition) is 4. The maximum Gasteiger partial charge on any atom is 0.269 e. The van der Waals surface area contributed by atoms with Gasteiger partial charge in [-0.2, -0.15) is 4.31 Å². The number of non-ortho nitro benzene ring substituents is 1. The number of rotatable bonds is 3. The summed E-state index contributed by atoms with van der Waals surface area (Å²) in [4.78, 5) is 10.3. The Morgan fingerprint density at radius 2 is 1.91 bits per heavy atom. The minimum atomic E-state index is -3.61. The summed E-state index contributed by atoms with van der Waals surface area (Å²) in [5.41, 5.74) is 1.16. The Morgan fingerprint density at radius 1 is 1.27 bits per heavy atom. The Hall–Kier alpha value is -1.73. The molecule has 7 heteroatoms. The van der Waals surface area contributed by atoms with Crippen LogP contribution in [0.15, 0.2) is 40.8 Å². The Morgan fingerprint density at radius 3 is 2.50 bits per heavy atom. The first-order valence-corrected chi connectivity index (χ1v) is 8.69. The van der Waals surface area contributed by atoms with Crippen LogP contribution in [0, 0.1) is 22.0 Å². The molecule has 0 unspecified atom stereocenters. The van der Waals surface area contributed by atoms with E-state index >= 15 is 0 Å². The third-order valence-electron chi connectivity index (χ3n) is 4.73. The number of fused-ring (bicyclic) bond motifs is 1. The Balaban J connectivity index is 1.92. The second-order valence-electron chi connectivity index (χ2n) is 6.08. The molecule has 0 aromatic heterocycles. The van der Waals surface area contributed by atoms with Crippen molar-refractivity contribution < 1.29 is 13.3 Å². The van der Waals surface area contributed by atoms with Crippen molar-refractivity contribution in [1.82, 2.24) is 4.31 Å². The molecule has 1 aliphatic heterocycles. The Labute approximate surface area is 129 Å². The van der Waals surface area contributed by atoms with E-state index in [0.29, 0.717) is 6.54 Å². The van der Waals surface area contributed by atoms with Crippen molar-refractivity contribution in [3.05, 3.63) is 46.0 Å². The highest BCUT2D eigenvalue weighted by Crippen LogP contribution is 2.43. The SMILES string of the molecule is CC1=CC[C@@H]2[C@H]1[C@@H](C)CN2S(=O)(=O)c1ccc([N+](=O)[O-])cc1. The molecule has 6 nitrogen and oxygen atoms in total. The zero-order valence-electron chi connectivity index (χ0n) is 12.5. The molecule has 3 rings (SSSR count). The van der Waals surface area contributed by atoms with Gasteiger partial charge in [-0.1, -0.05) is 18.6 Å². The number of hydrogen-bond donors (Lipinski definition) is 0. The molecule has 1 fully saturated rings. The van der Waals surface area contributed by atoms with Gasteiger partial charge in [0.25, 0.3) is 5.69 Å². The quantitative estimate of drug-likeness (QED) is 0.486. The van der Waals surface area contributed by atoms with Crippen LogP contribution in [0.5, 0.6) is 0 Å². The van der Waals surface area contributed by atoms with Crippen LogP contribution in [0.3, 0.4) is 0 Å². The number of nitrogens with zero attached hydrogens (tertiary/aromatic N) is 2. The average Bonchev–Trinajstić information content (AvgIpc) is 3.01. The summed E-state index contributed by atoms with van der Waals surface area (Å²) >= 11 is 0. The highest BCUT2D eigenvalue weighted by atomic mass is 32.2. The fourth-order valence-electron chi connectivity index (χ4n) is 3.70.